The highest BCUT2D eigenvalue weighted by Gasteiger charge is 2.23. The highest BCUT2D eigenvalue weighted by atomic mass is 32.8. The molecule has 0 bridgehead atoms. The Kier molecular flexibility index (Phi) is 14.3. The van der Waals surface area contributed by atoms with E-state index in [9.17, 15) is 19.2 Å². The number of hydrogen-bond donors (Lipinski definition) is 5. The third kappa shape index (κ3) is 11.3. The summed E-state index contributed by atoms with van der Waals surface area (Å²) >= 11 is 16.1. The van der Waals surface area contributed by atoms with Crippen LogP contribution in [0, 0.1) is 6.92 Å². The molecule has 11 nitrogen and oxygen atoms in total. The Morgan fingerprint density at radius 2 is 1.07 bits per heavy atom. The second kappa shape index (κ2) is 18.4. The summed E-state index contributed by atoms with van der Waals surface area (Å²) in [5.41, 5.74) is 6.91. The average Bonchev–Trinajstić information content (AvgIpc) is 3.96. The predicted molar refractivity (Wildman–Crippen MR) is 247 cm³/mol. The normalized spacial score (nSPS) is 12.7. The number of fused-ring (bicyclic) bond motifs is 2. The standard InChI is InChI=1S/C19H21N3O2S4.C18H20N4O2S4/c1-11-20-9-16(26-11)18(24)22-13-5-6-14-12(7-13)8-15(27-14)17(23)21-10-19(2,3)28(4)25;1-18(2,28(3)25)9-21-15(23)13-7-10-6-11(4-5-12(10)26-13)22-16(24)14-8-20-17(19)27-14/h5-9H,10H2,1-4H3,(H,21,23)(H,22,24);4-8H,9H2,1-3H3,(H2,19,20)(H,21,23)(H,22,24). The number of nitrogens with two attached hydrogens (primary N) is 1. The minimum Gasteiger partial charge on any atom is -0.375 e. The summed E-state index contributed by atoms with van der Waals surface area (Å²) in [6.07, 6.45) is 7.03. The lowest BCUT2D eigenvalue weighted by Gasteiger charge is -2.24. The predicted octanol–water partition coefficient (Wildman–Crippen LogP) is 7.55. The van der Waals surface area contributed by atoms with E-state index in [-0.39, 0.29) is 52.0 Å². The number of anilines is 3. The van der Waals surface area contributed by atoms with Gasteiger partial charge in [0.05, 0.1) is 27.2 Å². The topological polar surface area (TPSA) is 168 Å². The average molecular weight is 904 g/mol. The molecule has 0 aliphatic heterocycles. The molecule has 2 unspecified atom stereocenters. The van der Waals surface area contributed by atoms with Gasteiger partial charge in [-0.25, -0.2) is 9.97 Å². The number of aromatic nitrogens is 2. The molecule has 0 saturated heterocycles. The van der Waals surface area contributed by atoms with E-state index in [1.54, 1.807) is 6.20 Å². The Labute approximate surface area is 355 Å². The highest BCUT2D eigenvalue weighted by Crippen LogP contribution is 2.30. The first kappa shape index (κ1) is 43.6. The molecule has 296 valence electrons. The molecule has 0 fully saturated rings. The number of carbonyl (C=O) groups is 4. The van der Waals surface area contributed by atoms with Crippen LogP contribution in [0.1, 0.15) is 71.4 Å². The van der Waals surface area contributed by atoms with E-state index in [2.05, 4.69) is 58.9 Å². The smallest absolute Gasteiger partial charge is 0.267 e. The van der Waals surface area contributed by atoms with Gasteiger partial charge in [-0.2, -0.15) is 0 Å². The van der Waals surface area contributed by atoms with Gasteiger partial charge in [-0.15, -0.1) is 52.9 Å². The van der Waals surface area contributed by atoms with Gasteiger partial charge in [0.2, 0.25) is 0 Å². The zero-order valence-corrected chi connectivity index (χ0v) is 38.1. The molecular formula is C37H41N7O4S8. The molecule has 2 aromatic carbocycles. The number of thiophene rings is 2. The van der Waals surface area contributed by atoms with Crippen molar-refractivity contribution < 1.29 is 19.2 Å². The first-order valence-electron chi connectivity index (χ1n) is 16.9. The minimum atomic E-state index is -0.261. The molecule has 2 atom stereocenters. The summed E-state index contributed by atoms with van der Waals surface area (Å²) in [5, 5.41) is 14.7. The number of thiazole rings is 2. The van der Waals surface area contributed by atoms with Crippen LogP contribution >= 0.6 is 45.3 Å². The third-order valence-electron chi connectivity index (χ3n) is 8.49. The quantitative estimate of drug-likeness (QED) is 0.0834. The molecule has 19 heteroatoms. The fraction of sp³-hybridized carbons (Fsp3) is 0.297. The van der Waals surface area contributed by atoms with Gasteiger partial charge in [0.25, 0.3) is 23.6 Å². The van der Waals surface area contributed by atoms with Crippen molar-refractivity contribution in [1.82, 2.24) is 20.6 Å². The SMILES string of the molecule is CS(=S)C(C)(C)CNC(=O)c1cc2cc(NC(=O)c3cnc(N)s3)ccc2s1.Cc1ncc(C(=O)Nc2ccc3sc(C(=O)NCC(C)(C)S(C)=S)cc3c2)s1. The minimum absolute atomic E-state index is 0.0968. The molecule has 6 N–H and O–H groups in total. The second-order valence-electron chi connectivity index (χ2n) is 13.7. The Balaban J connectivity index is 0.000000214. The van der Waals surface area contributed by atoms with E-state index in [0.29, 0.717) is 49.1 Å². The Morgan fingerprint density at radius 1 is 0.643 bits per heavy atom. The van der Waals surface area contributed by atoms with Crippen molar-refractivity contribution in [3.05, 3.63) is 85.4 Å². The number of amides is 4. The fourth-order valence-corrected chi connectivity index (χ4v) is 8.75. The lowest BCUT2D eigenvalue weighted by Crippen LogP contribution is -2.40. The van der Waals surface area contributed by atoms with Gasteiger partial charge in [-0.1, -0.05) is 33.7 Å². The van der Waals surface area contributed by atoms with Crippen molar-refractivity contribution in [3.8, 4) is 0 Å². The van der Waals surface area contributed by atoms with Crippen molar-refractivity contribution in [2.24, 2.45) is 0 Å². The van der Waals surface area contributed by atoms with Crippen LogP contribution in [0.3, 0.4) is 0 Å². The van der Waals surface area contributed by atoms with Crippen molar-refractivity contribution in [1.29, 1.82) is 0 Å². The maximum absolute atomic E-state index is 12.5. The molecule has 0 aliphatic carbocycles. The lowest BCUT2D eigenvalue weighted by molar-refractivity contribution is 0.0947. The van der Waals surface area contributed by atoms with Crippen LogP contribution in [0.5, 0.6) is 0 Å². The van der Waals surface area contributed by atoms with Gasteiger partial charge in [0.15, 0.2) is 5.13 Å². The van der Waals surface area contributed by atoms with Crippen molar-refractivity contribution in [2.45, 2.75) is 44.1 Å². The van der Waals surface area contributed by atoms with Crippen LogP contribution in [0.2, 0.25) is 0 Å². The van der Waals surface area contributed by atoms with Crippen LogP contribution in [0.4, 0.5) is 16.5 Å². The molecule has 4 heterocycles. The molecule has 0 aliphatic rings. The summed E-state index contributed by atoms with van der Waals surface area (Å²) < 4.78 is 1.73. The van der Waals surface area contributed by atoms with Gasteiger partial charge >= 0.3 is 0 Å². The summed E-state index contributed by atoms with van der Waals surface area (Å²) in [6, 6.07) is 14.9. The maximum Gasteiger partial charge on any atom is 0.267 e. The number of rotatable bonds is 12. The zero-order valence-electron chi connectivity index (χ0n) is 31.6. The molecule has 0 spiro atoms. The van der Waals surface area contributed by atoms with E-state index >= 15 is 0 Å². The number of nitrogens with one attached hydrogen (secondary N) is 4. The summed E-state index contributed by atoms with van der Waals surface area (Å²) in [6.45, 7) is 11.2. The summed E-state index contributed by atoms with van der Waals surface area (Å²) in [4.78, 5) is 59.9. The fourth-order valence-electron chi connectivity index (χ4n) is 4.67. The van der Waals surface area contributed by atoms with E-state index in [1.807, 2.05) is 68.0 Å². The monoisotopic (exact) mass is 903 g/mol. The molecular weight excluding hydrogens is 863 g/mol. The van der Waals surface area contributed by atoms with Gasteiger partial charge in [-0.05, 0) is 106 Å². The first-order valence-corrected chi connectivity index (χ1v) is 25.3. The van der Waals surface area contributed by atoms with Crippen LogP contribution in [0.15, 0.2) is 60.9 Å². The number of aryl methyl sites for hydroxylation is 1. The summed E-state index contributed by atoms with van der Waals surface area (Å²) in [5.74, 6) is -0.650. The van der Waals surface area contributed by atoms with Gasteiger partial charge < -0.3 is 27.0 Å². The van der Waals surface area contributed by atoms with E-state index in [0.717, 1.165) is 36.5 Å². The number of nitrogens with zero attached hydrogens (tertiary/aromatic N) is 2. The number of benzene rings is 2. The molecule has 0 saturated carbocycles. The number of carbonyl (C=O) groups excluding carboxylic acids is 4. The Bertz CT molecular complexity index is 2310. The zero-order chi connectivity index (χ0) is 40.9. The van der Waals surface area contributed by atoms with Gasteiger partial charge in [-0.3, -0.25) is 19.2 Å². The Morgan fingerprint density at radius 3 is 1.45 bits per heavy atom. The first-order chi connectivity index (χ1) is 26.3. The highest BCUT2D eigenvalue weighted by molar-refractivity contribution is 8.29. The molecule has 6 aromatic rings. The van der Waals surface area contributed by atoms with Gasteiger partial charge in [0, 0.05) is 43.4 Å². The van der Waals surface area contributed by atoms with Crippen LogP contribution in [-0.2, 0) is 41.3 Å². The lowest BCUT2D eigenvalue weighted by atomic mass is 10.2. The van der Waals surface area contributed by atoms with Crippen LogP contribution in [0.25, 0.3) is 20.2 Å². The second-order valence-corrected chi connectivity index (χ2v) is 25.2. The number of nitrogen functional groups attached to an aromatic ring is 1. The van der Waals surface area contributed by atoms with Crippen LogP contribution in [-0.4, -0.2) is 68.7 Å². The van der Waals surface area contributed by atoms with Crippen molar-refractivity contribution in [2.75, 3.05) is 42.0 Å². The molecule has 6 rings (SSSR count). The van der Waals surface area contributed by atoms with Gasteiger partial charge in [0.1, 0.15) is 9.75 Å². The molecule has 56 heavy (non-hydrogen) atoms. The van der Waals surface area contributed by atoms with E-state index in [4.69, 9.17) is 28.1 Å². The third-order valence-corrected chi connectivity index (χ3v) is 18.6. The van der Waals surface area contributed by atoms with Crippen LogP contribution < -0.4 is 27.0 Å². The largest absolute Gasteiger partial charge is 0.375 e. The molecule has 4 aromatic heterocycles. The van der Waals surface area contributed by atoms with E-state index in [1.165, 1.54) is 40.2 Å². The van der Waals surface area contributed by atoms with Crippen molar-refractivity contribution >= 4 is 147 Å². The molecule has 0 radical (unpaired) electrons. The van der Waals surface area contributed by atoms with E-state index < -0.39 is 0 Å². The summed E-state index contributed by atoms with van der Waals surface area (Å²) in [7, 11) is -0.425. The number of hydrogen-bond acceptors (Lipinski definition) is 13. The Hall–Kier alpha value is -3.56. The molecule has 4 amide bonds. The maximum atomic E-state index is 12.5. The van der Waals surface area contributed by atoms with Crippen molar-refractivity contribution in [3.63, 3.8) is 0 Å².